The Kier molecular flexibility index (Phi) is 5.06. The second-order valence-corrected chi connectivity index (χ2v) is 12.5. The van der Waals surface area contributed by atoms with Gasteiger partial charge >= 0.3 is 0 Å². The Hall–Kier alpha value is -4.50. The molecule has 1 spiro atoms. The minimum atomic E-state index is -4.19. The van der Waals surface area contributed by atoms with E-state index in [0.29, 0.717) is 23.2 Å². The Morgan fingerprint density at radius 3 is 2.40 bits per heavy atom. The van der Waals surface area contributed by atoms with Crippen LogP contribution in [0.15, 0.2) is 94.9 Å². The van der Waals surface area contributed by atoms with Gasteiger partial charge in [-0.3, -0.25) is 14.6 Å². The molecule has 40 heavy (non-hydrogen) atoms. The molecule has 0 radical (unpaired) electrons. The second-order valence-electron chi connectivity index (χ2n) is 10.7. The maximum absolute atomic E-state index is 14.2. The summed E-state index contributed by atoms with van der Waals surface area (Å²) in [5, 5.41) is 0.515. The highest BCUT2D eigenvalue weighted by atomic mass is 32.2. The molecule has 7 rings (SSSR count). The van der Waals surface area contributed by atoms with E-state index in [0.717, 1.165) is 26.4 Å². The Morgan fingerprint density at radius 2 is 1.68 bits per heavy atom. The van der Waals surface area contributed by atoms with E-state index in [-0.39, 0.29) is 22.2 Å². The van der Waals surface area contributed by atoms with Gasteiger partial charge in [-0.2, -0.15) is 0 Å². The molecule has 1 saturated carbocycles. The zero-order chi connectivity index (χ0) is 28.0. The molecule has 0 bridgehead atoms. The largest absolute Gasteiger partial charge is 0.316 e. The average Bonchev–Trinajstić information content (AvgIpc) is 3.51. The summed E-state index contributed by atoms with van der Waals surface area (Å²) in [7, 11) is -0.785. The smallest absolute Gasteiger partial charge is 0.275 e. The van der Waals surface area contributed by atoms with Crippen molar-refractivity contribution < 1.29 is 13.2 Å². The van der Waals surface area contributed by atoms with E-state index in [1.807, 2.05) is 31.2 Å². The Bertz CT molecular complexity index is 2030. The van der Waals surface area contributed by atoms with Crippen molar-refractivity contribution in [3.05, 3.63) is 112 Å². The molecule has 5 aromatic rings. The zero-order valence-corrected chi connectivity index (χ0v) is 23.0. The van der Waals surface area contributed by atoms with Crippen LogP contribution in [0.2, 0.25) is 0 Å². The van der Waals surface area contributed by atoms with E-state index in [1.165, 1.54) is 4.57 Å². The van der Waals surface area contributed by atoms with Crippen molar-refractivity contribution in [2.75, 3.05) is 11.9 Å². The number of carbonyl (C=O) groups is 1. The standard InChI is InChI=1S/C31H26N4O4S/c1-19-11-13-20(14-12-19)40(38,39)35-27(25-9-6-7-15-32-25)16-21-22(18-33(2)29(36)28(21)35)24-17-31(24)23-8-4-5-10-26(23)34(3)30(31)37/h4-16,18,24H,17H2,1-3H3/t24-,31-/m0/s1. The number of likely N-dealkylation sites (N-methyl/N-ethyl adjacent to an activating group) is 1. The monoisotopic (exact) mass is 550 g/mol. The maximum Gasteiger partial charge on any atom is 0.275 e. The van der Waals surface area contributed by atoms with Gasteiger partial charge in [0, 0.05) is 43.5 Å². The molecule has 2 aromatic carbocycles. The highest BCUT2D eigenvalue weighted by Crippen LogP contribution is 2.66. The van der Waals surface area contributed by atoms with Crippen LogP contribution in [-0.2, 0) is 27.3 Å². The van der Waals surface area contributed by atoms with Crippen LogP contribution in [0.1, 0.15) is 29.0 Å². The lowest BCUT2D eigenvalue weighted by molar-refractivity contribution is -0.120. The zero-order valence-electron chi connectivity index (χ0n) is 22.2. The normalized spacial score (nSPS) is 19.9. The average molecular weight is 551 g/mol. The van der Waals surface area contributed by atoms with Crippen LogP contribution in [0.25, 0.3) is 22.3 Å². The molecule has 8 nitrogen and oxygen atoms in total. The first-order valence-electron chi connectivity index (χ1n) is 13.0. The fraction of sp³-hybridized carbons (Fsp3) is 0.194. The van der Waals surface area contributed by atoms with Crippen LogP contribution >= 0.6 is 0 Å². The third-order valence-corrected chi connectivity index (χ3v) is 10.1. The SMILES string of the molecule is Cc1ccc(S(=O)(=O)n2c(-c3ccccn3)cc3c([C@@H]4C[C@@]45C(=O)N(C)c4ccccc45)cn(C)c(=O)c32)cc1. The molecule has 2 atom stereocenters. The number of benzene rings is 2. The molecule has 2 aliphatic rings. The van der Waals surface area contributed by atoms with Crippen LogP contribution < -0.4 is 10.5 Å². The van der Waals surface area contributed by atoms with Crippen LogP contribution in [0.4, 0.5) is 5.69 Å². The van der Waals surface area contributed by atoms with Gasteiger partial charge in [0.25, 0.3) is 15.6 Å². The number of carbonyl (C=O) groups excluding carboxylic acids is 1. The molecule has 1 aliphatic carbocycles. The Labute approximate surface area is 231 Å². The summed E-state index contributed by atoms with van der Waals surface area (Å²) >= 11 is 0. The molecule has 1 fully saturated rings. The van der Waals surface area contributed by atoms with Gasteiger partial charge in [0.15, 0.2) is 0 Å². The number of rotatable bonds is 4. The molecule has 4 heterocycles. The lowest BCUT2D eigenvalue weighted by Crippen LogP contribution is -2.29. The first kappa shape index (κ1) is 24.5. The van der Waals surface area contributed by atoms with Gasteiger partial charge in [0.2, 0.25) is 5.91 Å². The topological polar surface area (TPSA) is 94.3 Å². The van der Waals surface area contributed by atoms with Gasteiger partial charge in [-0.25, -0.2) is 12.4 Å². The minimum absolute atomic E-state index is 0.0114. The predicted molar refractivity (Wildman–Crippen MR) is 153 cm³/mol. The third kappa shape index (κ3) is 3.18. The first-order valence-corrected chi connectivity index (χ1v) is 14.5. The number of pyridine rings is 2. The molecule has 0 N–H and O–H groups in total. The van der Waals surface area contributed by atoms with E-state index >= 15 is 0 Å². The van der Waals surface area contributed by atoms with Crippen molar-refractivity contribution in [3.63, 3.8) is 0 Å². The van der Waals surface area contributed by atoms with Gasteiger partial charge in [-0.15, -0.1) is 0 Å². The fourth-order valence-electron chi connectivity index (χ4n) is 6.29. The number of hydrogen-bond acceptors (Lipinski definition) is 5. The van der Waals surface area contributed by atoms with Crippen molar-refractivity contribution in [1.29, 1.82) is 0 Å². The van der Waals surface area contributed by atoms with Crippen LogP contribution in [0.3, 0.4) is 0 Å². The summed E-state index contributed by atoms with van der Waals surface area (Å²) in [6.45, 7) is 1.88. The number of nitrogens with zero attached hydrogens (tertiary/aromatic N) is 4. The second kappa shape index (κ2) is 8.25. The van der Waals surface area contributed by atoms with Gasteiger partial charge in [0.05, 0.1) is 21.7 Å². The van der Waals surface area contributed by atoms with E-state index in [2.05, 4.69) is 4.98 Å². The molecule has 1 amide bonds. The number of hydrogen-bond donors (Lipinski definition) is 0. The van der Waals surface area contributed by atoms with Crippen LogP contribution in [0.5, 0.6) is 0 Å². The first-order chi connectivity index (χ1) is 19.2. The number of amides is 1. The third-order valence-electron chi connectivity index (χ3n) is 8.38. The van der Waals surface area contributed by atoms with Crippen molar-refractivity contribution in [2.24, 2.45) is 7.05 Å². The lowest BCUT2D eigenvalue weighted by Gasteiger charge is -2.14. The van der Waals surface area contributed by atoms with Crippen molar-refractivity contribution in [1.82, 2.24) is 13.5 Å². The van der Waals surface area contributed by atoms with Gasteiger partial charge in [0.1, 0.15) is 5.52 Å². The summed E-state index contributed by atoms with van der Waals surface area (Å²) in [5.41, 5.74) is 3.13. The number of aryl methyl sites for hydroxylation is 2. The van der Waals surface area contributed by atoms with E-state index in [4.69, 9.17) is 0 Å². The summed E-state index contributed by atoms with van der Waals surface area (Å²) in [6, 6.07) is 21.3. The minimum Gasteiger partial charge on any atom is -0.316 e. The van der Waals surface area contributed by atoms with Gasteiger partial charge < -0.3 is 9.47 Å². The highest BCUT2D eigenvalue weighted by molar-refractivity contribution is 7.90. The number of fused-ring (bicyclic) bond motifs is 3. The molecule has 0 unspecified atom stereocenters. The highest BCUT2D eigenvalue weighted by Gasteiger charge is 2.67. The van der Waals surface area contributed by atoms with Crippen molar-refractivity contribution >= 4 is 32.5 Å². The Balaban J connectivity index is 1.52. The van der Waals surface area contributed by atoms with Crippen molar-refractivity contribution in [3.8, 4) is 11.4 Å². The molecule has 9 heteroatoms. The fourth-order valence-corrected chi connectivity index (χ4v) is 7.81. The number of para-hydroxylation sites is 1. The van der Waals surface area contributed by atoms with Crippen LogP contribution in [0, 0.1) is 6.92 Å². The molecule has 200 valence electrons. The number of aromatic nitrogens is 3. The summed E-state index contributed by atoms with van der Waals surface area (Å²) in [4.78, 5) is 33.6. The molecule has 1 aliphatic heterocycles. The maximum atomic E-state index is 14.2. The van der Waals surface area contributed by atoms with E-state index in [1.54, 1.807) is 79.9 Å². The summed E-state index contributed by atoms with van der Waals surface area (Å²) in [5.74, 6) is -0.202. The molecular formula is C31H26N4O4S. The van der Waals surface area contributed by atoms with E-state index < -0.39 is 21.0 Å². The quantitative estimate of drug-likeness (QED) is 0.332. The Morgan fingerprint density at radius 1 is 0.950 bits per heavy atom. The summed E-state index contributed by atoms with van der Waals surface area (Å²) in [6.07, 6.45) is 3.92. The summed E-state index contributed by atoms with van der Waals surface area (Å²) < 4.78 is 31.0. The lowest BCUT2D eigenvalue weighted by atomic mass is 9.91. The van der Waals surface area contributed by atoms with Crippen molar-refractivity contribution in [2.45, 2.75) is 29.6 Å². The molecular weight excluding hydrogens is 524 g/mol. The van der Waals surface area contributed by atoms with Gasteiger partial charge in [-0.05, 0) is 60.9 Å². The molecule has 3 aromatic heterocycles. The number of anilines is 1. The van der Waals surface area contributed by atoms with Crippen LogP contribution in [-0.4, -0.2) is 34.9 Å². The van der Waals surface area contributed by atoms with E-state index in [9.17, 15) is 18.0 Å². The van der Waals surface area contributed by atoms with Gasteiger partial charge in [-0.1, -0.05) is 42.0 Å². The predicted octanol–water partition coefficient (Wildman–Crippen LogP) is 4.35. The molecule has 0 saturated heterocycles.